The Hall–Kier alpha value is -1.77. The topological polar surface area (TPSA) is 37.8 Å². The number of hydrogen-bond acceptors (Lipinski definition) is 1. The summed E-state index contributed by atoms with van der Waals surface area (Å²) in [5, 5.41) is 3.05. The minimum Gasteiger partial charge on any atom is -0.298 e. The zero-order chi connectivity index (χ0) is 13.1. The SMILES string of the molecule is CCCCc1c[nH]n(-c2ccc(C)c(C)c2)c1=O. The smallest absolute Gasteiger partial charge is 0.274 e. The molecule has 96 valence electrons. The fraction of sp³-hybridized carbons (Fsp3) is 0.400. The monoisotopic (exact) mass is 244 g/mol. The third-order valence-corrected chi connectivity index (χ3v) is 3.39. The highest BCUT2D eigenvalue weighted by molar-refractivity contribution is 5.39. The fourth-order valence-corrected chi connectivity index (χ4v) is 2.01. The normalized spacial score (nSPS) is 10.8. The number of H-pyrrole nitrogens is 1. The van der Waals surface area contributed by atoms with E-state index in [4.69, 9.17) is 0 Å². The molecule has 0 fully saturated rings. The highest BCUT2D eigenvalue weighted by Crippen LogP contribution is 2.12. The summed E-state index contributed by atoms with van der Waals surface area (Å²) < 4.78 is 1.62. The van der Waals surface area contributed by atoms with Gasteiger partial charge in [-0.1, -0.05) is 19.4 Å². The van der Waals surface area contributed by atoms with Crippen molar-refractivity contribution in [2.75, 3.05) is 0 Å². The van der Waals surface area contributed by atoms with E-state index in [1.807, 2.05) is 24.4 Å². The molecule has 1 aromatic carbocycles. The first kappa shape index (κ1) is 12.7. The van der Waals surface area contributed by atoms with Crippen LogP contribution in [-0.4, -0.2) is 9.78 Å². The predicted octanol–water partition coefficient (Wildman–Crippen LogP) is 3.13. The van der Waals surface area contributed by atoms with E-state index in [1.165, 1.54) is 11.1 Å². The molecule has 0 radical (unpaired) electrons. The largest absolute Gasteiger partial charge is 0.298 e. The van der Waals surface area contributed by atoms with Crippen molar-refractivity contribution in [2.24, 2.45) is 0 Å². The molecule has 1 aromatic heterocycles. The highest BCUT2D eigenvalue weighted by Gasteiger charge is 2.07. The van der Waals surface area contributed by atoms with E-state index < -0.39 is 0 Å². The van der Waals surface area contributed by atoms with Crippen LogP contribution in [0.3, 0.4) is 0 Å². The Bertz CT molecular complexity index is 593. The van der Waals surface area contributed by atoms with Crippen LogP contribution in [0.4, 0.5) is 0 Å². The summed E-state index contributed by atoms with van der Waals surface area (Å²) in [6.45, 7) is 6.27. The Labute approximate surface area is 107 Å². The number of rotatable bonds is 4. The van der Waals surface area contributed by atoms with Gasteiger partial charge in [-0.3, -0.25) is 9.89 Å². The first-order valence-corrected chi connectivity index (χ1v) is 6.50. The van der Waals surface area contributed by atoms with E-state index in [-0.39, 0.29) is 5.56 Å². The van der Waals surface area contributed by atoms with Crippen LogP contribution in [0.2, 0.25) is 0 Å². The van der Waals surface area contributed by atoms with Gasteiger partial charge < -0.3 is 0 Å². The lowest BCUT2D eigenvalue weighted by Crippen LogP contribution is -2.17. The third kappa shape index (κ3) is 2.40. The van der Waals surface area contributed by atoms with Gasteiger partial charge in [-0.15, -0.1) is 0 Å². The van der Waals surface area contributed by atoms with E-state index in [9.17, 15) is 4.79 Å². The average molecular weight is 244 g/mol. The van der Waals surface area contributed by atoms with Crippen LogP contribution in [0.25, 0.3) is 5.69 Å². The molecule has 18 heavy (non-hydrogen) atoms. The summed E-state index contributed by atoms with van der Waals surface area (Å²) in [7, 11) is 0. The lowest BCUT2D eigenvalue weighted by molar-refractivity contribution is 0.786. The molecular weight excluding hydrogens is 224 g/mol. The molecule has 0 aliphatic carbocycles. The molecule has 2 aromatic rings. The van der Waals surface area contributed by atoms with Gasteiger partial charge in [-0.2, -0.15) is 0 Å². The Morgan fingerprint density at radius 1 is 1.22 bits per heavy atom. The lowest BCUT2D eigenvalue weighted by Gasteiger charge is -2.05. The van der Waals surface area contributed by atoms with Gasteiger partial charge in [-0.25, -0.2) is 4.68 Å². The Balaban J connectivity index is 2.36. The summed E-state index contributed by atoms with van der Waals surface area (Å²) in [6.07, 6.45) is 4.84. The molecule has 1 N–H and O–H groups in total. The zero-order valence-electron chi connectivity index (χ0n) is 11.3. The molecule has 0 bridgehead atoms. The molecule has 0 unspecified atom stereocenters. The second kappa shape index (κ2) is 5.25. The van der Waals surface area contributed by atoms with Crippen molar-refractivity contribution in [2.45, 2.75) is 40.0 Å². The van der Waals surface area contributed by atoms with Crippen LogP contribution >= 0.6 is 0 Å². The Kier molecular flexibility index (Phi) is 3.70. The molecule has 0 aliphatic rings. The summed E-state index contributed by atoms with van der Waals surface area (Å²) in [4.78, 5) is 12.2. The summed E-state index contributed by atoms with van der Waals surface area (Å²) in [5.74, 6) is 0. The van der Waals surface area contributed by atoms with Gasteiger partial charge in [0.1, 0.15) is 0 Å². The van der Waals surface area contributed by atoms with E-state index >= 15 is 0 Å². The minimum atomic E-state index is 0.0757. The van der Waals surface area contributed by atoms with Crippen molar-refractivity contribution >= 4 is 0 Å². The zero-order valence-corrected chi connectivity index (χ0v) is 11.3. The molecule has 0 aliphatic heterocycles. The molecule has 0 amide bonds. The van der Waals surface area contributed by atoms with Crippen molar-refractivity contribution < 1.29 is 0 Å². The number of aromatic amines is 1. The molecule has 3 nitrogen and oxygen atoms in total. The number of aromatic nitrogens is 2. The fourth-order valence-electron chi connectivity index (χ4n) is 2.01. The first-order valence-electron chi connectivity index (χ1n) is 6.50. The second-order valence-corrected chi connectivity index (χ2v) is 4.81. The number of aryl methyl sites for hydroxylation is 3. The van der Waals surface area contributed by atoms with E-state index in [2.05, 4.69) is 25.9 Å². The van der Waals surface area contributed by atoms with Gasteiger partial charge in [-0.05, 0) is 49.9 Å². The minimum absolute atomic E-state index is 0.0757. The van der Waals surface area contributed by atoms with Gasteiger partial charge in [0.05, 0.1) is 5.69 Å². The molecule has 3 heteroatoms. The number of unbranched alkanes of at least 4 members (excludes halogenated alkanes) is 1. The maximum atomic E-state index is 12.2. The third-order valence-electron chi connectivity index (χ3n) is 3.39. The Morgan fingerprint density at radius 3 is 2.67 bits per heavy atom. The van der Waals surface area contributed by atoms with Gasteiger partial charge in [0.15, 0.2) is 0 Å². The molecule has 2 rings (SSSR count). The maximum absolute atomic E-state index is 12.2. The standard InChI is InChI=1S/C15H20N2O/c1-4-5-6-13-10-16-17(15(13)18)14-8-7-11(2)12(3)9-14/h7-10,16H,4-6H2,1-3H3. The van der Waals surface area contributed by atoms with Gasteiger partial charge >= 0.3 is 0 Å². The second-order valence-electron chi connectivity index (χ2n) is 4.81. The highest BCUT2D eigenvalue weighted by atomic mass is 16.1. The van der Waals surface area contributed by atoms with E-state index in [0.717, 1.165) is 30.5 Å². The van der Waals surface area contributed by atoms with Crippen molar-refractivity contribution in [3.63, 3.8) is 0 Å². The molecule has 0 spiro atoms. The van der Waals surface area contributed by atoms with Gasteiger partial charge in [0.2, 0.25) is 0 Å². The van der Waals surface area contributed by atoms with Crippen LogP contribution in [0.1, 0.15) is 36.5 Å². The lowest BCUT2D eigenvalue weighted by atomic mass is 10.1. The maximum Gasteiger partial charge on any atom is 0.274 e. The van der Waals surface area contributed by atoms with Crippen molar-refractivity contribution in [1.82, 2.24) is 9.78 Å². The molecule has 0 saturated heterocycles. The summed E-state index contributed by atoms with van der Waals surface area (Å²) in [6, 6.07) is 6.06. The van der Waals surface area contributed by atoms with E-state index in [0.29, 0.717) is 0 Å². The van der Waals surface area contributed by atoms with Crippen LogP contribution in [-0.2, 0) is 6.42 Å². The van der Waals surface area contributed by atoms with Crippen LogP contribution in [0.5, 0.6) is 0 Å². The van der Waals surface area contributed by atoms with Gasteiger partial charge in [0.25, 0.3) is 5.56 Å². The molecule has 0 saturated carbocycles. The van der Waals surface area contributed by atoms with Crippen LogP contribution in [0.15, 0.2) is 29.2 Å². The molecule has 1 heterocycles. The van der Waals surface area contributed by atoms with E-state index in [1.54, 1.807) is 4.68 Å². The number of benzene rings is 1. The average Bonchev–Trinajstić information content (AvgIpc) is 2.72. The molecule has 0 atom stereocenters. The number of nitrogens with zero attached hydrogens (tertiary/aromatic N) is 1. The van der Waals surface area contributed by atoms with Crippen molar-refractivity contribution in [3.05, 3.63) is 51.4 Å². The number of nitrogens with one attached hydrogen (secondary N) is 1. The number of hydrogen-bond donors (Lipinski definition) is 1. The molecular formula is C15H20N2O. The van der Waals surface area contributed by atoms with Crippen molar-refractivity contribution in [3.8, 4) is 5.69 Å². The van der Waals surface area contributed by atoms with Crippen molar-refractivity contribution in [1.29, 1.82) is 0 Å². The predicted molar refractivity (Wildman–Crippen MR) is 74.5 cm³/mol. The Morgan fingerprint density at radius 2 is 2.00 bits per heavy atom. The summed E-state index contributed by atoms with van der Waals surface area (Å²) in [5.41, 5.74) is 4.29. The van der Waals surface area contributed by atoms with Gasteiger partial charge in [0, 0.05) is 11.8 Å². The van der Waals surface area contributed by atoms with Crippen LogP contribution in [0, 0.1) is 13.8 Å². The van der Waals surface area contributed by atoms with Crippen LogP contribution < -0.4 is 5.56 Å². The first-order chi connectivity index (χ1) is 8.63. The quantitative estimate of drug-likeness (QED) is 0.881. The summed E-state index contributed by atoms with van der Waals surface area (Å²) >= 11 is 0.